The van der Waals surface area contributed by atoms with E-state index in [1.807, 2.05) is 31.2 Å². The minimum absolute atomic E-state index is 0.118. The van der Waals surface area contributed by atoms with Crippen molar-refractivity contribution in [3.05, 3.63) is 59.8 Å². The number of hydrogen-bond acceptors (Lipinski definition) is 4. The van der Waals surface area contributed by atoms with Gasteiger partial charge in [-0.3, -0.25) is 4.79 Å². The van der Waals surface area contributed by atoms with E-state index in [1.165, 1.54) is 0 Å². The molecule has 110 valence electrons. The SMILES string of the molecule is Cc1cccc(Oc2ccc(-c3n[nH]nc3C(N)=O)cc2)c1. The van der Waals surface area contributed by atoms with Crippen molar-refractivity contribution < 1.29 is 9.53 Å². The first-order valence-corrected chi connectivity index (χ1v) is 6.69. The van der Waals surface area contributed by atoms with Gasteiger partial charge in [0, 0.05) is 5.56 Å². The van der Waals surface area contributed by atoms with E-state index in [9.17, 15) is 4.79 Å². The second-order valence-electron chi connectivity index (χ2n) is 4.83. The van der Waals surface area contributed by atoms with Crippen molar-refractivity contribution in [1.29, 1.82) is 0 Å². The lowest BCUT2D eigenvalue weighted by Crippen LogP contribution is -2.12. The van der Waals surface area contributed by atoms with Gasteiger partial charge in [0.15, 0.2) is 5.69 Å². The third-order valence-corrected chi connectivity index (χ3v) is 3.13. The highest BCUT2D eigenvalue weighted by Gasteiger charge is 2.14. The summed E-state index contributed by atoms with van der Waals surface area (Å²) in [5.41, 5.74) is 7.66. The average molecular weight is 294 g/mol. The molecular weight excluding hydrogens is 280 g/mol. The number of nitrogens with one attached hydrogen (secondary N) is 1. The maximum atomic E-state index is 11.3. The summed E-state index contributed by atoms with van der Waals surface area (Å²) in [5.74, 6) is 0.842. The molecule has 3 rings (SSSR count). The van der Waals surface area contributed by atoms with Crippen molar-refractivity contribution in [1.82, 2.24) is 15.4 Å². The second kappa shape index (κ2) is 5.69. The summed E-state index contributed by atoms with van der Waals surface area (Å²) >= 11 is 0. The predicted octanol–water partition coefficient (Wildman–Crippen LogP) is 2.67. The fourth-order valence-electron chi connectivity index (χ4n) is 2.10. The Bertz CT molecular complexity index is 809. The number of nitrogens with two attached hydrogens (primary N) is 1. The molecule has 0 radical (unpaired) electrons. The first kappa shape index (κ1) is 13.8. The Hall–Kier alpha value is -3.15. The first-order chi connectivity index (χ1) is 10.6. The van der Waals surface area contributed by atoms with Crippen LogP contribution in [-0.2, 0) is 0 Å². The van der Waals surface area contributed by atoms with Gasteiger partial charge in [0.25, 0.3) is 5.91 Å². The van der Waals surface area contributed by atoms with Gasteiger partial charge in [-0.05, 0) is 48.9 Å². The lowest BCUT2D eigenvalue weighted by molar-refractivity contribution is 0.0996. The summed E-state index contributed by atoms with van der Waals surface area (Å²) in [5, 5.41) is 10.1. The van der Waals surface area contributed by atoms with E-state index in [0.717, 1.165) is 16.9 Å². The molecule has 0 fully saturated rings. The van der Waals surface area contributed by atoms with Crippen molar-refractivity contribution in [3.63, 3.8) is 0 Å². The summed E-state index contributed by atoms with van der Waals surface area (Å²) in [6.07, 6.45) is 0. The van der Waals surface area contributed by atoms with Gasteiger partial charge in [-0.15, -0.1) is 0 Å². The lowest BCUT2D eigenvalue weighted by Gasteiger charge is -2.07. The highest BCUT2D eigenvalue weighted by atomic mass is 16.5. The molecule has 6 nitrogen and oxygen atoms in total. The molecule has 0 saturated carbocycles. The molecule has 1 heterocycles. The zero-order valence-electron chi connectivity index (χ0n) is 11.9. The van der Waals surface area contributed by atoms with E-state index < -0.39 is 5.91 Å². The molecule has 3 aromatic rings. The van der Waals surface area contributed by atoms with E-state index in [1.54, 1.807) is 24.3 Å². The number of primary amides is 1. The molecule has 0 aliphatic heterocycles. The topological polar surface area (TPSA) is 93.9 Å². The van der Waals surface area contributed by atoms with Crippen molar-refractivity contribution >= 4 is 5.91 Å². The van der Waals surface area contributed by atoms with E-state index >= 15 is 0 Å². The molecule has 3 N–H and O–H groups in total. The summed E-state index contributed by atoms with van der Waals surface area (Å²) < 4.78 is 5.77. The first-order valence-electron chi connectivity index (χ1n) is 6.69. The Labute approximate surface area is 126 Å². The third kappa shape index (κ3) is 2.80. The number of carbonyl (C=O) groups is 1. The number of aromatic amines is 1. The van der Waals surface area contributed by atoms with Crippen LogP contribution in [0.3, 0.4) is 0 Å². The summed E-state index contributed by atoms with van der Waals surface area (Å²) in [6, 6.07) is 15.0. The fraction of sp³-hybridized carbons (Fsp3) is 0.0625. The molecule has 0 atom stereocenters. The largest absolute Gasteiger partial charge is 0.457 e. The Morgan fingerprint density at radius 2 is 1.86 bits per heavy atom. The Morgan fingerprint density at radius 3 is 2.55 bits per heavy atom. The van der Waals surface area contributed by atoms with Gasteiger partial charge in [-0.1, -0.05) is 12.1 Å². The van der Waals surface area contributed by atoms with Crippen LogP contribution >= 0.6 is 0 Å². The molecule has 0 bridgehead atoms. The minimum Gasteiger partial charge on any atom is -0.457 e. The number of aryl methyl sites for hydroxylation is 1. The number of ether oxygens (including phenoxy) is 1. The van der Waals surface area contributed by atoms with E-state index in [-0.39, 0.29) is 5.69 Å². The van der Waals surface area contributed by atoms with Gasteiger partial charge < -0.3 is 10.5 Å². The molecule has 0 aliphatic rings. The molecule has 2 aromatic carbocycles. The van der Waals surface area contributed by atoms with E-state index in [4.69, 9.17) is 10.5 Å². The smallest absolute Gasteiger partial charge is 0.271 e. The number of nitrogens with zero attached hydrogens (tertiary/aromatic N) is 2. The molecular formula is C16H14N4O2. The van der Waals surface area contributed by atoms with Gasteiger partial charge in [-0.25, -0.2) is 0 Å². The Balaban J connectivity index is 1.84. The fourth-order valence-corrected chi connectivity index (χ4v) is 2.10. The van der Waals surface area contributed by atoms with Crippen LogP contribution in [-0.4, -0.2) is 21.3 Å². The minimum atomic E-state index is -0.621. The number of hydrogen-bond donors (Lipinski definition) is 2. The standard InChI is InChI=1S/C16H14N4O2/c1-10-3-2-4-13(9-10)22-12-7-5-11(6-8-12)14-15(16(17)21)19-20-18-14/h2-9H,1H3,(H2,17,21)(H,18,19,20). The maximum absolute atomic E-state index is 11.3. The second-order valence-corrected chi connectivity index (χ2v) is 4.83. The van der Waals surface area contributed by atoms with Gasteiger partial charge in [0.1, 0.15) is 17.2 Å². The number of H-pyrrole nitrogens is 1. The van der Waals surface area contributed by atoms with Crippen LogP contribution in [0.25, 0.3) is 11.3 Å². The molecule has 1 aromatic heterocycles. The van der Waals surface area contributed by atoms with Crippen molar-refractivity contribution in [2.45, 2.75) is 6.92 Å². The van der Waals surface area contributed by atoms with Crippen LogP contribution in [0, 0.1) is 6.92 Å². The highest BCUT2D eigenvalue weighted by Crippen LogP contribution is 2.26. The van der Waals surface area contributed by atoms with Crippen molar-refractivity contribution in [2.24, 2.45) is 5.73 Å². The maximum Gasteiger partial charge on any atom is 0.271 e. The number of amides is 1. The number of aromatic nitrogens is 3. The van der Waals surface area contributed by atoms with Crippen LogP contribution in [0.5, 0.6) is 11.5 Å². The van der Waals surface area contributed by atoms with Gasteiger partial charge in [0.2, 0.25) is 0 Å². The molecule has 0 aliphatic carbocycles. The Morgan fingerprint density at radius 1 is 1.09 bits per heavy atom. The van der Waals surface area contributed by atoms with Crippen LogP contribution in [0.15, 0.2) is 48.5 Å². The summed E-state index contributed by atoms with van der Waals surface area (Å²) in [7, 11) is 0. The number of carbonyl (C=O) groups excluding carboxylic acids is 1. The molecule has 22 heavy (non-hydrogen) atoms. The number of rotatable bonds is 4. The average Bonchev–Trinajstić information content (AvgIpc) is 2.98. The van der Waals surface area contributed by atoms with Gasteiger partial charge in [0.05, 0.1) is 0 Å². The number of benzene rings is 2. The van der Waals surface area contributed by atoms with Crippen LogP contribution in [0.1, 0.15) is 16.1 Å². The Kier molecular flexibility index (Phi) is 3.57. The zero-order chi connectivity index (χ0) is 15.5. The normalized spacial score (nSPS) is 10.4. The summed E-state index contributed by atoms with van der Waals surface area (Å²) in [6.45, 7) is 2.01. The lowest BCUT2D eigenvalue weighted by atomic mass is 10.1. The third-order valence-electron chi connectivity index (χ3n) is 3.13. The molecule has 1 amide bonds. The summed E-state index contributed by atoms with van der Waals surface area (Å²) in [4.78, 5) is 11.3. The molecule has 6 heteroatoms. The van der Waals surface area contributed by atoms with Gasteiger partial charge in [-0.2, -0.15) is 15.4 Å². The molecule has 0 spiro atoms. The van der Waals surface area contributed by atoms with Crippen molar-refractivity contribution in [2.75, 3.05) is 0 Å². The highest BCUT2D eigenvalue weighted by molar-refractivity contribution is 5.96. The zero-order valence-corrected chi connectivity index (χ0v) is 11.9. The predicted molar refractivity (Wildman–Crippen MR) is 81.6 cm³/mol. The monoisotopic (exact) mass is 294 g/mol. The van der Waals surface area contributed by atoms with E-state index in [2.05, 4.69) is 15.4 Å². The van der Waals surface area contributed by atoms with Gasteiger partial charge >= 0.3 is 0 Å². The molecule has 0 unspecified atom stereocenters. The van der Waals surface area contributed by atoms with E-state index in [0.29, 0.717) is 11.4 Å². The quantitative estimate of drug-likeness (QED) is 0.773. The van der Waals surface area contributed by atoms with Crippen molar-refractivity contribution in [3.8, 4) is 22.8 Å². The molecule has 0 saturated heterocycles. The van der Waals surface area contributed by atoms with Crippen LogP contribution in [0.2, 0.25) is 0 Å². The van der Waals surface area contributed by atoms with Crippen LogP contribution in [0.4, 0.5) is 0 Å². The van der Waals surface area contributed by atoms with Crippen LogP contribution < -0.4 is 10.5 Å².